The van der Waals surface area contributed by atoms with Gasteiger partial charge in [-0.2, -0.15) is 0 Å². The number of nitrogens with one attached hydrogen (secondary N) is 2. The van der Waals surface area contributed by atoms with Crippen molar-refractivity contribution < 1.29 is 9.53 Å². The molecule has 0 bridgehead atoms. The topological polar surface area (TPSA) is 50.4 Å². The summed E-state index contributed by atoms with van der Waals surface area (Å²) in [6, 6.07) is 8.72. The highest BCUT2D eigenvalue weighted by Gasteiger charge is 2.15. The van der Waals surface area contributed by atoms with Crippen LogP contribution in [0.5, 0.6) is 0 Å². The quantitative estimate of drug-likeness (QED) is 0.890. The molecular weight excluding hydrogens is 288 g/mol. The molecule has 23 heavy (non-hydrogen) atoms. The predicted molar refractivity (Wildman–Crippen MR) is 94.6 cm³/mol. The molecule has 4 heteroatoms. The summed E-state index contributed by atoms with van der Waals surface area (Å²) in [5.74, 6) is 0.683. The second-order valence-electron chi connectivity index (χ2n) is 6.98. The van der Waals surface area contributed by atoms with E-state index in [4.69, 9.17) is 4.74 Å². The van der Waals surface area contributed by atoms with E-state index in [0.29, 0.717) is 12.5 Å². The normalized spacial score (nSPS) is 16.5. The van der Waals surface area contributed by atoms with Crippen molar-refractivity contribution >= 4 is 12.2 Å². The predicted octanol–water partition coefficient (Wildman–Crippen LogP) is 3.69. The van der Waals surface area contributed by atoms with Gasteiger partial charge in [-0.15, -0.1) is 0 Å². The maximum atomic E-state index is 11.5. The average molecular weight is 316 g/mol. The van der Waals surface area contributed by atoms with Crippen molar-refractivity contribution in [3.05, 3.63) is 41.5 Å². The molecule has 0 saturated carbocycles. The van der Waals surface area contributed by atoms with E-state index in [1.807, 2.05) is 32.9 Å². The number of alkyl carbamates (subject to hydrolysis) is 1. The molecule has 1 heterocycles. The first kappa shape index (κ1) is 17.5. The summed E-state index contributed by atoms with van der Waals surface area (Å²) in [7, 11) is 0. The molecule has 0 aliphatic carbocycles. The van der Waals surface area contributed by atoms with Crippen molar-refractivity contribution in [2.45, 2.75) is 45.1 Å². The number of hydrogen-bond donors (Lipinski definition) is 2. The van der Waals surface area contributed by atoms with Gasteiger partial charge in [-0.3, -0.25) is 0 Å². The van der Waals surface area contributed by atoms with Crippen LogP contribution in [0.15, 0.2) is 30.3 Å². The average Bonchev–Trinajstić information content (AvgIpc) is 2.51. The second-order valence-corrected chi connectivity index (χ2v) is 6.98. The highest BCUT2D eigenvalue weighted by Crippen LogP contribution is 2.25. The van der Waals surface area contributed by atoms with Gasteiger partial charge in [0.05, 0.1) is 0 Å². The van der Waals surface area contributed by atoms with Crippen molar-refractivity contribution in [2.75, 3.05) is 19.6 Å². The first-order chi connectivity index (χ1) is 10.9. The summed E-state index contributed by atoms with van der Waals surface area (Å²) in [5, 5.41) is 6.12. The summed E-state index contributed by atoms with van der Waals surface area (Å²) >= 11 is 0. The monoisotopic (exact) mass is 316 g/mol. The molecule has 1 amide bonds. The Kier molecular flexibility index (Phi) is 6.22. The van der Waals surface area contributed by atoms with E-state index < -0.39 is 5.60 Å². The van der Waals surface area contributed by atoms with Crippen LogP contribution in [0.4, 0.5) is 4.79 Å². The van der Waals surface area contributed by atoms with E-state index in [0.717, 1.165) is 18.7 Å². The molecule has 0 radical (unpaired) electrons. The molecule has 4 nitrogen and oxygen atoms in total. The standard InChI is InChI=1S/C19H28N2O2/c1-19(2,3)23-18(22)21-12-4-5-15-6-8-16(9-7-15)17-10-13-20-14-11-17/h4-9,17,20H,10-14H2,1-3H3,(H,21,22). The summed E-state index contributed by atoms with van der Waals surface area (Å²) in [5.41, 5.74) is 2.11. The van der Waals surface area contributed by atoms with Gasteiger partial charge in [0.1, 0.15) is 5.60 Å². The lowest BCUT2D eigenvalue weighted by Crippen LogP contribution is -2.32. The maximum absolute atomic E-state index is 11.5. The van der Waals surface area contributed by atoms with Gasteiger partial charge in [0, 0.05) is 6.54 Å². The van der Waals surface area contributed by atoms with Crippen molar-refractivity contribution in [3.63, 3.8) is 0 Å². The van der Waals surface area contributed by atoms with Gasteiger partial charge in [0.2, 0.25) is 0 Å². The number of hydrogen-bond acceptors (Lipinski definition) is 3. The number of benzene rings is 1. The fourth-order valence-electron chi connectivity index (χ4n) is 2.69. The van der Waals surface area contributed by atoms with E-state index in [9.17, 15) is 4.79 Å². The van der Waals surface area contributed by atoms with Crippen LogP contribution in [0.25, 0.3) is 6.08 Å². The number of amides is 1. The summed E-state index contributed by atoms with van der Waals surface area (Å²) in [6.07, 6.45) is 6.00. The molecule has 1 aliphatic heterocycles. The number of rotatable bonds is 4. The molecule has 2 N–H and O–H groups in total. The van der Waals surface area contributed by atoms with Crippen LogP contribution in [0.2, 0.25) is 0 Å². The van der Waals surface area contributed by atoms with Gasteiger partial charge >= 0.3 is 6.09 Å². The van der Waals surface area contributed by atoms with E-state index in [-0.39, 0.29) is 6.09 Å². The lowest BCUT2D eigenvalue weighted by molar-refractivity contribution is 0.0534. The second kappa shape index (κ2) is 8.16. The molecule has 126 valence electrons. The van der Waals surface area contributed by atoms with Crippen LogP contribution in [-0.4, -0.2) is 31.3 Å². The highest BCUT2D eigenvalue weighted by molar-refractivity contribution is 5.68. The minimum Gasteiger partial charge on any atom is -0.444 e. The Hall–Kier alpha value is -1.81. The zero-order valence-corrected chi connectivity index (χ0v) is 14.4. The first-order valence-corrected chi connectivity index (χ1v) is 8.38. The molecular formula is C19H28N2O2. The van der Waals surface area contributed by atoms with Crippen molar-refractivity contribution in [1.82, 2.24) is 10.6 Å². The van der Waals surface area contributed by atoms with Gasteiger partial charge in [0.25, 0.3) is 0 Å². The summed E-state index contributed by atoms with van der Waals surface area (Å²) in [6.45, 7) is 8.25. The van der Waals surface area contributed by atoms with Crippen LogP contribution >= 0.6 is 0 Å². The minimum atomic E-state index is -0.460. The lowest BCUT2D eigenvalue weighted by atomic mass is 9.90. The van der Waals surface area contributed by atoms with E-state index in [2.05, 4.69) is 34.9 Å². The van der Waals surface area contributed by atoms with Crippen molar-refractivity contribution in [2.24, 2.45) is 0 Å². The molecule has 1 saturated heterocycles. The van der Waals surface area contributed by atoms with Gasteiger partial charge in [-0.25, -0.2) is 4.79 Å². The largest absolute Gasteiger partial charge is 0.444 e. The molecule has 1 aliphatic rings. The summed E-state index contributed by atoms with van der Waals surface area (Å²) < 4.78 is 5.18. The SMILES string of the molecule is CC(C)(C)OC(=O)NCC=Cc1ccc(C2CCNCC2)cc1. The number of carbonyl (C=O) groups is 1. The van der Waals surface area contributed by atoms with Crippen LogP contribution < -0.4 is 10.6 Å². The third-order valence-corrected chi connectivity index (χ3v) is 3.82. The van der Waals surface area contributed by atoms with Crippen molar-refractivity contribution in [1.29, 1.82) is 0 Å². The first-order valence-electron chi connectivity index (χ1n) is 8.38. The van der Waals surface area contributed by atoms with Crippen LogP contribution in [-0.2, 0) is 4.74 Å². The van der Waals surface area contributed by atoms with E-state index in [1.165, 1.54) is 18.4 Å². The fourth-order valence-corrected chi connectivity index (χ4v) is 2.69. The third kappa shape index (κ3) is 6.45. The fraction of sp³-hybridized carbons (Fsp3) is 0.526. The van der Waals surface area contributed by atoms with Gasteiger partial charge < -0.3 is 15.4 Å². The molecule has 1 fully saturated rings. The van der Waals surface area contributed by atoms with E-state index >= 15 is 0 Å². The Labute approximate surface area is 139 Å². The Balaban J connectivity index is 1.78. The highest BCUT2D eigenvalue weighted by atomic mass is 16.6. The smallest absolute Gasteiger partial charge is 0.407 e. The number of carbonyl (C=O) groups excluding carboxylic acids is 1. The zero-order chi connectivity index (χ0) is 16.7. The zero-order valence-electron chi connectivity index (χ0n) is 14.4. The van der Waals surface area contributed by atoms with Crippen LogP contribution in [0.3, 0.4) is 0 Å². The lowest BCUT2D eigenvalue weighted by Gasteiger charge is -2.22. The van der Waals surface area contributed by atoms with Gasteiger partial charge in [-0.05, 0) is 63.7 Å². The molecule has 2 rings (SSSR count). The van der Waals surface area contributed by atoms with Crippen LogP contribution in [0, 0.1) is 0 Å². The maximum Gasteiger partial charge on any atom is 0.407 e. The molecule has 1 aromatic carbocycles. The number of piperidine rings is 1. The van der Waals surface area contributed by atoms with Gasteiger partial charge in [-0.1, -0.05) is 36.4 Å². The molecule has 0 atom stereocenters. The third-order valence-electron chi connectivity index (χ3n) is 3.82. The van der Waals surface area contributed by atoms with Crippen LogP contribution in [0.1, 0.15) is 50.7 Å². The van der Waals surface area contributed by atoms with E-state index in [1.54, 1.807) is 0 Å². The molecule has 0 unspecified atom stereocenters. The molecule has 0 aromatic heterocycles. The van der Waals surface area contributed by atoms with Crippen molar-refractivity contribution in [3.8, 4) is 0 Å². The summed E-state index contributed by atoms with van der Waals surface area (Å²) in [4.78, 5) is 11.5. The minimum absolute atomic E-state index is 0.386. The molecule has 0 spiro atoms. The Bertz CT molecular complexity index is 523. The number of ether oxygens (including phenoxy) is 1. The van der Waals surface area contributed by atoms with Gasteiger partial charge in [0.15, 0.2) is 0 Å². The Morgan fingerprint density at radius 2 is 1.91 bits per heavy atom. The molecule has 1 aromatic rings. The Morgan fingerprint density at radius 3 is 2.52 bits per heavy atom. The Morgan fingerprint density at radius 1 is 1.26 bits per heavy atom.